The molecule has 1 amide bonds. The van der Waals surface area contributed by atoms with Crippen molar-refractivity contribution in [3.63, 3.8) is 0 Å². The van der Waals surface area contributed by atoms with E-state index in [9.17, 15) is 14.4 Å². The number of thiophene rings is 1. The molecule has 0 aliphatic heterocycles. The third-order valence-corrected chi connectivity index (χ3v) is 5.05. The number of fused-ring (bicyclic) bond motifs is 1. The van der Waals surface area contributed by atoms with Gasteiger partial charge in [0.15, 0.2) is 0 Å². The first-order valence-corrected chi connectivity index (χ1v) is 8.96. The predicted octanol–water partition coefficient (Wildman–Crippen LogP) is 3.24. The monoisotopic (exact) mass is 353 g/mol. The summed E-state index contributed by atoms with van der Waals surface area (Å²) in [6, 6.07) is 0. The Hall–Kier alpha value is -1.89. The third kappa shape index (κ3) is 4.56. The van der Waals surface area contributed by atoms with Gasteiger partial charge in [0.25, 0.3) is 0 Å². The molecule has 0 radical (unpaired) electrons. The smallest absolute Gasteiger partial charge is 0.341 e. The van der Waals surface area contributed by atoms with E-state index in [0.29, 0.717) is 16.5 Å². The molecule has 2 N–H and O–H groups in total. The van der Waals surface area contributed by atoms with Crippen LogP contribution in [0.15, 0.2) is 0 Å². The number of ether oxygens (including phenoxy) is 1. The van der Waals surface area contributed by atoms with Crippen molar-refractivity contribution in [3.05, 3.63) is 16.0 Å². The van der Waals surface area contributed by atoms with Gasteiger partial charge in [-0.15, -0.1) is 11.3 Å². The van der Waals surface area contributed by atoms with Crippen LogP contribution in [0.2, 0.25) is 0 Å². The lowest BCUT2D eigenvalue weighted by molar-refractivity contribution is -0.138. The van der Waals surface area contributed by atoms with Gasteiger partial charge in [0.2, 0.25) is 5.91 Å². The highest BCUT2D eigenvalue weighted by Crippen LogP contribution is 2.40. The fourth-order valence-corrected chi connectivity index (χ4v) is 4.15. The van der Waals surface area contributed by atoms with Gasteiger partial charge in [-0.1, -0.05) is 6.92 Å². The summed E-state index contributed by atoms with van der Waals surface area (Å²) in [5.41, 5.74) is 1.41. The third-order valence-electron chi connectivity index (χ3n) is 3.88. The second-order valence-corrected chi connectivity index (χ2v) is 7.56. The van der Waals surface area contributed by atoms with Crippen molar-refractivity contribution in [1.29, 1.82) is 0 Å². The fraction of sp³-hybridized carbons (Fsp3) is 0.588. The molecule has 132 valence electrons. The van der Waals surface area contributed by atoms with Crippen LogP contribution >= 0.6 is 11.3 Å². The first-order valence-electron chi connectivity index (χ1n) is 8.15. The molecule has 6 nitrogen and oxygen atoms in total. The zero-order valence-corrected chi connectivity index (χ0v) is 15.0. The topological polar surface area (TPSA) is 92.7 Å². The maximum atomic E-state index is 12.5. The Labute approximate surface area is 145 Å². The molecule has 0 saturated carbocycles. The second-order valence-electron chi connectivity index (χ2n) is 6.45. The number of carboxylic acid groups (broad SMARTS) is 1. The molecule has 0 unspecified atom stereocenters. The molecule has 1 aromatic heterocycles. The average molecular weight is 353 g/mol. The minimum absolute atomic E-state index is 0.118. The van der Waals surface area contributed by atoms with E-state index in [0.717, 1.165) is 29.7 Å². The molecule has 0 bridgehead atoms. The summed E-state index contributed by atoms with van der Waals surface area (Å²) in [5.74, 6) is -1.31. The van der Waals surface area contributed by atoms with Crippen LogP contribution in [0.25, 0.3) is 0 Å². The lowest BCUT2D eigenvalue weighted by Crippen LogP contribution is -2.19. The SMILES string of the molecule is CC(C)OC(=O)c1c(NC(=O)CCC(=O)O)sc2c1CC[C@@H](C)C2. The normalized spacial score (nSPS) is 16.6. The van der Waals surface area contributed by atoms with Crippen LogP contribution in [0, 0.1) is 5.92 Å². The quantitative estimate of drug-likeness (QED) is 0.766. The van der Waals surface area contributed by atoms with Crippen molar-refractivity contribution in [2.45, 2.75) is 59.0 Å². The molecule has 7 heteroatoms. The minimum atomic E-state index is -1.02. The number of aliphatic carboxylic acids is 1. The van der Waals surface area contributed by atoms with Crippen LogP contribution in [0.4, 0.5) is 5.00 Å². The molecular formula is C17H23NO5S. The van der Waals surface area contributed by atoms with Crippen molar-refractivity contribution in [3.8, 4) is 0 Å². The number of carboxylic acids is 1. The number of hydrogen-bond donors (Lipinski definition) is 2. The largest absolute Gasteiger partial charge is 0.481 e. The highest BCUT2D eigenvalue weighted by atomic mass is 32.1. The Balaban J connectivity index is 2.26. The van der Waals surface area contributed by atoms with E-state index in [1.165, 1.54) is 11.3 Å². The van der Waals surface area contributed by atoms with Gasteiger partial charge in [0.05, 0.1) is 18.1 Å². The fourth-order valence-electron chi connectivity index (χ4n) is 2.74. The molecule has 0 spiro atoms. The first-order chi connectivity index (χ1) is 11.3. The van der Waals surface area contributed by atoms with Crippen molar-refractivity contribution >= 4 is 34.2 Å². The highest BCUT2D eigenvalue weighted by molar-refractivity contribution is 7.17. The standard InChI is InChI=1S/C17H23NO5S/c1-9(2)23-17(22)15-11-5-4-10(3)8-12(11)24-16(15)18-13(19)6-7-14(20)21/h9-10H,4-8H2,1-3H3,(H,18,19)(H,20,21)/t10-/m1/s1. The number of nitrogens with one attached hydrogen (secondary N) is 1. The number of carbonyl (C=O) groups is 3. The van der Waals surface area contributed by atoms with Crippen LogP contribution in [0.3, 0.4) is 0 Å². The minimum Gasteiger partial charge on any atom is -0.481 e. The molecule has 0 saturated heterocycles. The summed E-state index contributed by atoms with van der Waals surface area (Å²) >= 11 is 1.40. The van der Waals surface area contributed by atoms with Crippen LogP contribution in [-0.2, 0) is 27.2 Å². The van der Waals surface area contributed by atoms with E-state index in [-0.39, 0.29) is 18.9 Å². The van der Waals surface area contributed by atoms with Crippen LogP contribution in [-0.4, -0.2) is 29.1 Å². The number of amides is 1. The summed E-state index contributed by atoms with van der Waals surface area (Å²) in [7, 11) is 0. The number of anilines is 1. The van der Waals surface area contributed by atoms with Gasteiger partial charge in [-0.2, -0.15) is 0 Å². The van der Waals surface area contributed by atoms with Gasteiger partial charge in [-0.3, -0.25) is 9.59 Å². The molecular weight excluding hydrogens is 330 g/mol. The van der Waals surface area contributed by atoms with Crippen molar-refractivity contribution < 1.29 is 24.2 Å². The molecule has 1 heterocycles. The van der Waals surface area contributed by atoms with Gasteiger partial charge in [-0.25, -0.2) is 4.79 Å². The molecule has 24 heavy (non-hydrogen) atoms. The molecule has 1 aromatic rings. The van der Waals surface area contributed by atoms with E-state index in [4.69, 9.17) is 9.84 Å². The predicted molar refractivity (Wildman–Crippen MR) is 91.6 cm³/mol. The van der Waals surface area contributed by atoms with Gasteiger partial charge in [-0.05, 0) is 44.6 Å². The van der Waals surface area contributed by atoms with Gasteiger partial charge in [0.1, 0.15) is 5.00 Å². The summed E-state index contributed by atoms with van der Waals surface area (Å²) in [5, 5.41) is 11.9. The Morgan fingerprint density at radius 3 is 2.67 bits per heavy atom. The molecule has 1 atom stereocenters. The summed E-state index contributed by atoms with van der Waals surface area (Å²) in [4.78, 5) is 36.2. The summed E-state index contributed by atoms with van der Waals surface area (Å²) in [6.07, 6.45) is 2.07. The number of rotatable bonds is 6. The summed E-state index contributed by atoms with van der Waals surface area (Å²) in [6.45, 7) is 5.73. The van der Waals surface area contributed by atoms with E-state index in [2.05, 4.69) is 12.2 Å². The number of hydrogen-bond acceptors (Lipinski definition) is 5. The highest BCUT2D eigenvalue weighted by Gasteiger charge is 2.29. The Bertz CT molecular complexity index is 650. The van der Waals surface area contributed by atoms with Gasteiger partial charge >= 0.3 is 11.9 Å². The molecule has 0 aromatic carbocycles. The zero-order valence-electron chi connectivity index (χ0n) is 14.2. The lowest BCUT2D eigenvalue weighted by Gasteiger charge is -2.18. The Morgan fingerprint density at radius 1 is 1.33 bits per heavy atom. The van der Waals surface area contributed by atoms with Gasteiger partial charge in [0, 0.05) is 11.3 Å². The van der Waals surface area contributed by atoms with E-state index >= 15 is 0 Å². The Kier molecular flexibility index (Phi) is 5.99. The summed E-state index contributed by atoms with van der Waals surface area (Å²) < 4.78 is 5.33. The van der Waals surface area contributed by atoms with Gasteiger partial charge < -0.3 is 15.2 Å². The van der Waals surface area contributed by atoms with Crippen molar-refractivity contribution in [1.82, 2.24) is 0 Å². The molecule has 1 aliphatic rings. The Morgan fingerprint density at radius 2 is 2.04 bits per heavy atom. The maximum Gasteiger partial charge on any atom is 0.341 e. The van der Waals surface area contributed by atoms with E-state index < -0.39 is 17.8 Å². The first kappa shape index (κ1) is 18.4. The number of esters is 1. The molecule has 1 aliphatic carbocycles. The van der Waals surface area contributed by atoms with Crippen LogP contribution < -0.4 is 5.32 Å². The van der Waals surface area contributed by atoms with Crippen molar-refractivity contribution in [2.75, 3.05) is 5.32 Å². The molecule has 0 fully saturated rings. The van der Waals surface area contributed by atoms with Crippen LogP contribution in [0.5, 0.6) is 0 Å². The molecule has 2 rings (SSSR count). The van der Waals surface area contributed by atoms with E-state index in [1.807, 2.05) is 0 Å². The number of carbonyl (C=O) groups excluding carboxylic acids is 2. The lowest BCUT2D eigenvalue weighted by atomic mass is 9.88. The average Bonchev–Trinajstić information content (AvgIpc) is 2.81. The maximum absolute atomic E-state index is 12.5. The van der Waals surface area contributed by atoms with Crippen molar-refractivity contribution in [2.24, 2.45) is 5.92 Å². The second kappa shape index (κ2) is 7.79. The zero-order chi connectivity index (χ0) is 17.9. The van der Waals surface area contributed by atoms with E-state index in [1.54, 1.807) is 13.8 Å². The van der Waals surface area contributed by atoms with Crippen LogP contribution in [0.1, 0.15) is 60.8 Å².